The van der Waals surface area contributed by atoms with Crippen molar-refractivity contribution >= 4 is 10.8 Å². The summed E-state index contributed by atoms with van der Waals surface area (Å²) < 4.78 is 0. The van der Waals surface area contributed by atoms with Crippen LogP contribution in [0.1, 0.15) is 24.0 Å². The Morgan fingerprint density at radius 1 is 0.611 bits per heavy atom. The number of hydrogen-bond donors (Lipinski definition) is 0. The molecule has 0 N–H and O–H groups in total. The molecule has 1 unspecified atom stereocenters. The van der Waals surface area contributed by atoms with Crippen LogP contribution in [0, 0.1) is 0 Å². The van der Waals surface area contributed by atoms with E-state index in [1.54, 1.807) is 0 Å². The van der Waals surface area contributed by atoms with Gasteiger partial charge in [-0.15, -0.1) is 0 Å². The van der Waals surface area contributed by atoms with Gasteiger partial charge in [-0.2, -0.15) is 0 Å². The molecule has 0 radical (unpaired) electrons. The fraction of sp³-hybridized carbons (Fsp3) is 0.111. The summed E-state index contributed by atoms with van der Waals surface area (Å²) in [5.41, 5.74) is 2.74. The monoisotopic (exact) mass is 232 g/mol. The highest BCUT2D eigenvalue weighted by atomic mass is 14.1. The largest absolute Gasteiger partial charge is 0.0622 e. The minimum atomic E-state index is 0.441. The lowest BCUT2D eigenvalue weighted by atomic mass is 9.92. The Morgan fingerprint density at radius 2 is 1.28 bits per heavy atom. The van der Waals surface area contributed by atoms with Crippen molar-refractivity contribution in [2.24, 2.45) is 0 Å². The predicted octanol–water partition coefficient (Wildman–Crippen LogP) is 4.99. The van der Waals surface area contributed by atoms with Crippen molar-refractivity contribution < 1.29 is 0 Å². The van der Waals surface area contributed by atoms with Crippen LogP contribution in [0.4, 0.5) is 0 Å². The maximum atomic E-state index is 2.30. The van der Waals surface area contributed by atoms with E-state index in [4.69, 9.17) is 0 Å². The molecule has 3 aromatic carbocycles. The maximum absolute atomic E-state index is 2.30. The van der Waals surface area contributed by atoms with Crippen LogP contribution >= 0.6 is 0 Å². The molecule has 3 aromatic rings. The third kappa shape index (κ3) is 2.02. The summed E-state index contributed by atoms with van der Waals surface area (Å²) in [5, 5.41) is 2.62. The van der Waals surface area contributed by atoms with E-state index in [1.807, 2.05) is 0 Å². The molecule has 3 rings (SSSR count). The number of fused-ring (bicyclic) bond motifs is 1. The van der Waals surface area contributed by atoms with E-state index in [-0.39, 0.29) is 0 Å². The highest BCUT2D eigenvalue weighted by Crippen LogP contribution is 2.26. The number of hydrogen-bond acceptors (Lipinski definition) is 0. The van der Waals surface area contributed by atoms with Gasteiger partial charge in [0, 0.05) is 5.92 Å². The van der Waals surface area contributed by atoms with Gasteiger partial charge in [0.05, 0.1) is 0 Å². The standard InChI is InChI=1S/C18H16/c1-14(15-7-3-2-4-8-15)17-12-11-16-9-5-6-10-18(16)13-17/h2-14H,1H3. The smallest absolute Gasteiger partial charge is 0.00612 e. The fourth-order valence-corrected chi connectivity index (χ4v) is 2.41. The van der Waals surface area contributed by atoms with Gasteiger partial charge in [-0.1, -0.05) is 79.7 Å². The van der Waals surface area contributed by atoms with Crippen LogP contribution < -0.4 is 0 Å². The van der Waals surface area contributed by atoms with Crippen molar-refractivity contribution in [2.45, 2.75) is 12.8 Å². The van der Waals surface area contributed by atoms with Crippen LogP contribution in [0.15, 0.2) is 72.8 Å². The van der Waals surface area contributed by atoms with Gasteiger partial charge in [0.15, 0.2) is 0 Å². The molecule has 0 aromatic heterocycles. The number of rotatable bonds is 2. The molecule has 0 aliphatic heterocycles. The number of benzene rings is 3. The van der Waals surface area contributed by atoms with Crippen LogP contribution in [0.5, 0.6) is 0 Å². The molecule has 0 fully saturated rings. The summed E-state index contributed by atoms with van der Waals surface area (Å²) in [4.78, 5) is 0. The molecule has 1 atom stereocenters. The highest BCUT2D eigenvalue weighted by molar-refractivity contribution is 5.83. The molecule has 0 amide bonds. The minimum Gasteiger partial charge on any atom is -0.0622 e. The molecular weight excluding hydrogens is 216 g/mol. The average molecular weight is 232 g/mol. The summed E-state index contributed by atoms with van der Waals surface area (Å²) >= 11 is 0. The van der Waals surface area contributed by atoms with E-state index in [9.17, 15) is 0 Å². The molecule has 0 nitrogen and oxygen atoms in total. The van der Waals surface area contributed by atoms with E-state index in [1.165, 1.54) is 21.9 Å². The van der Waals surface area contributed by atoms with E-state index in [0.29, 0.717) is 5.92 Å². The second kappa shape index (κ2) is 4.66. The van der Waals surface area contributed by atoms with Crippen LogP contribution in [0.2, 0.25) is 0 Å². The fourth-order valence-electron chi connectivity index (χ4n) is 2.41. The first kappa shape index (κ1) is 11.0. The maximum Gasteiger partial charge on any atom is 0.00612 e. The normalized spacial score (nSPS) is 12.5. The Hall–Kier alpha value is -2.08. The Labute approximate surface area is 108 Å². The first-order chi connectivity index (χ1) is 8.84. The zero-order valence-corrected chi connectivity index (χ0v) is 10.5. The van der Waals surface area contributed by atoms with E-state index in [2.05, 4.69) is 79.7 Å². The Balaban J connectivity index is 2.04. The van der Waals surface area contributed by atoms with Crippen LogP contribution in [-0.4, -0.2) is 0 Å². The van der Waals surface area contributed by atoms with Crippen molar-refractivity contribution in [3.8, 4) is 0 Å². The molecule has 0 saturated heterocycles. The first-order valence-corrected chi connectivity index (χ1v) is 6.38. The van der Waals surface area contributed by atoms with Crippen molar-refractivity contribution in [3.05, 3.63) is 83.9 Å². The van der Waals surface area contributed by atoms with Gasteiger partial charge < -0.3 is 0 Å². The summed E-state index contributed by atoms with van der Waals surface area (Å²) in [6.07, 6.45) is 0. The lowest BCUT2D eigenvalue weighted by Crippen LogP contribution is -1.95. The molecule has 18 heavy (non-hydrogen) atoms. The van der Waals surface area contributed by atoms with Crippen molar-refractivity contribution in [1.29, 1.82) is 0 Å². The SMILES string of the molecule is CC(c1ccccc1)c1ccc2ccccc2c1. The van der Waals surface area contributed by atoms with Gasteiger partial charge in [-0.3, -0.25) is 0 Å². The second-order valence-corrected chi connectivity index (χ2v) is 4.74. The van der Waals surface area contributed by atoms with Crippen molar-refractivity contribution in [3.63, 3.8) is 0 Å². The van der Waals surface area contributed by atoms with Gasteiger partial charge in [0.1, 0.15) is 0 Å². The molecule has 0 aliphatic carbocycles. The van der Waals surface area contributed by atoms with Gasteiger partial charge in [-0.25, -0.2) is 0 Å². The highest BCUT2D eigenvalue weighted by Gasteiger charge is 2.07. The Kier molecular flexibility index (Phi) is 2.85. The topological polar surface area (TPSA) is 0 Å². The molecule has 0 heterocycles. The van der Waals surface area contributed by atoms with Crippen LogP contribution in [0.3, 0.4) is 0 Å². The van der Waals surface area contributed by atoms with Gasteiger partial charge >= 0.3 is 0 Å². The minimum absolute atomic E-state index is 0.441. The van der Waals surface area contributed by atoms with Crippen LogP contribution in [0.25, 0.3) is 10.8 Å². The van der Waals surface area contributed by atoms with Gasteiger partial charge in [0.25, 0.3) is 0 Å². The third-order valence-corrected chi connectivity index (χ3v) is 3.57. The second-order valence-electron chi connectivity index (χ2n) is 4.74. The van der Waals surface area contributed by atoms with Crippen molar-refractivity contribution in [2.75, 3.05) is 0 Å². The Bertz CT molecular complexity index is 653. The molecular formula is C18H16. The third-order valence-electron chi connectivity index (χ3n) is 3.57. The first-order valence-electron chi connectivity index (χ1n) is 6.38. The molecule has 0 saturated carbocycles. The van der Waals surface area contributed by atoms with Crippen LogP contribution in [-0.2, 0) is 0 Å². The molecule has 0 bridgehead atoms. The van der Waals surface area contributed by atoms with Gasteiger partial charge in [-0.05, 0) is 21.9 Å². The zero-order chi connectivity index (χ0) is 12.4. The lowest BCUT2D eigenvalue weighted by Gasteiger charge is -2.13. The van der Waals surface area contributed by atoms with Crippen molar-refractivity contribution in [1.82, 2.24) is 0 Å². The molecule has 0 aliphatic rings. The van der Waals surface area contributed by atoms with Gasteiger partial charge in [0.2, 0.25) is 0 Å². The van der Waals surface area contributed by atoms with E-state index >= 15 is 0 Å². The summed E-state index contributed by atoms with van der Waals surface area (Å²) in [7, 11) is 0. The van der Waals surface area contributed by atoms with E-state index < -0.39 is 0 Å². The Morgan fingerprint density at radius 3 is 2.06 bits per heavy atom. The zero-order valence-electron chi connectivity index (χ0n) is 10.5. The van der Waals surface area contributed by atoms with E-state index in [0.717, 1.165) is 0 Å². The average Bonchev–Trinajstić information content (AvgIpc) is 2.47. The summed E-state index contributed by atoms with van der Waals surface area (Å²) in [5.74, 6) is 0.441. The summed E-state index contributed by atoms with van der Waals surface area (Å²) in [6, 6.07) is 25.9. The molecule has 0 heteroatoms. The quantitative estimate of drug-likeness (QED) is 0.583. The summed E-state index contributed by atoms with van der Waals surface area (Å²) in [6.45, 7) is 2.26. The molecule has 88 valence electrons. The molecule has 0 spiro atoms. The lowest BCUT2D eigenvalue weighted by molar-refractivity contribution is 0.925. The predicted molar refractivity (Wildman–Crippen MR) is 77.9 cm³/mol.